The van der Waals surface area contributed by atoms with Gasteiger partial charge in [0.15, 0.2) is 0 Å². The number of aliphatic carboxylic acids is 1. The van der Waals surface area contributed by atoms with Crippen LogP contribution in [0.1, 0.15) is 24.2 Å². The van der Waals surface area contributed by atoms with Gasteiger partial charge in [0.05, 0.1) is 12.5 Å². The maximum absolute atomic E-state index is 13.5. The molecule has 1 aliphatic rings. The van der Waals surface area contributed by atoms with Gasteiger partial charge >= 0.3 is 5.97 Å². The van der Waals surface area contributed by atoms with E-state index in [1.165, 1.54) is 12.1 Å². The molecule has 0 radical (unpaired) electrons. The Morgan fingerprint density at radius 2 is 2.00 bits per heavy atom. The fraction of sp³-hybridized carbons (Fsp3) is 0.438. The Balaban J connectivity index is 1.83. The van der Waals surface area contributed by atoms with Crippen molar-refractivity contribution in [2.75, 3.05) is 13.1 Å². The van der Waals surface area contributed by atoms with Crippen LogP contribution in [0.4, 0.5) is 8.78 Å². The summed E-state index contributed by atoms with van der Waals surface area (Å²) in [6.45, 7) is 3.84. The van der Waals surface area contributed by atoms with Crippen LogP contribution in [-0.2, 0) is 17.9 Å². The number of carboxylic acids is 1. The quantitative estimate of drug-likeness (QED) is 0.903. The molecule has 6 nitrogen and oxygen atoms in total. The van der Waals surface area contributed by atoms with Crippen LogP contribution in [-0.4, -0.2) is 43.8 Å². The lowest BCUT2D eigenvalue weighted by Crippen LogP contribution is -2.24. The Hall–Kier alpha value is -2.35. The zero-order chi connectivity index (χ0) is 17.3. The number of benzene rings is 1. The third-order valence-corrected chi connectivity index (χ3v) is 4.43. The Morgan fingerprint density at radius 1 is 1.29 bits per heavy atom. The Morgan fingerprint density at radius 3 is 2.62 bits per heavy atom. The van der Waals surface area contributed by atoms with E-state index in [9.17, 15) is 18.7 Å². The second-order valence-electron chi connectivity index (χ2n) is 5.98. The number of halogens is 2. The highest BCUT2D eigenvalue weighted by Crippen LogP contribution is 2.34. The molecule has 2 atom stereocenters. The minimum absolute atomic E-state index is 0.300. The largest absolute Gasteiger partial charge is 0.481 e. The predicted octanol–water partition coefficient (Wildman–Crippen LogP) is 1.88. The van der Waals surface area contributed by atoms with Crippen molar-refractivity contribution < 1.29 is 18.7 Å². The molecule has 24 heavy (non-hydrogen) atoms. The van der Waals surface area contributed by atoms with Crippen LogP contribution in [0.15, 0.2) is 24.5 Å². The van der Waals surface area contributed by atoms with E-state index in [1.807, 2.05) is 16.4 Å². The molecule has 2 aromatic rings. The first-order valence-electron chi connectivity index (χ1n) is 7.75. The van der Waals surface area contributed by atoms with Crippen LogP contribution >= 0.6 is 0 Å². The highest BCUT2D eigenvalue weighted by atomic mass is 19.1. The average Bonchev–Trinajstić information content (AvgIpc) is 3.13. The van der Waals surface area contributed by atoms with E-state index in [2.05, 4.69) is 10.2 Å². The van der Waals surface area contributed by atoms with Crippen LogP contribution in [0.2, 0.25) is 0 Å². The van der Waals surface area contributed by atoms with Crippen molar-refractivity contribution in [2.45, 2.75) is 25.9 Å². The number of hydrogen-bond donors (Lipinski definition) is 1. The van der Waals surface area contributed by atoms with Crippen LogP contribution in [0.3, 0.4) is 0 Å². The van der Waals surface area contributed by atoms with E-state index < -0.39 is 29.4 Å². The summed E-state index contributed by atoms with van der Waals surface area (Å²) in [6, 6.07) is 3.21. The Kier molecular flexibility index (Phi) is 4.57. The molecule has 0 bridgehead atoms. The minimum atomic E-state index is -0.968. The second-order valence-corrected chi connectivity index (χ2v) is 5.98. The fourth-order valence-corrected chi connectivity index (χ4v) is 3.26. The van der Waals surface area contributed by atoms with Gasteiger partial charge in [0, 0.05) is 31.6 Å². The summed E-state index contributed by atoms with van der Waals surface area (Å²) < 4.78 is 28.9. The SMILES string of the molecule is CCn1cnnc1CN1C[C@H](C(=O)O)[C@@H](c2cc(F)cc(F)c2)C1. The summed E-state index contributed by atoms with van der Waals surface area (Å²) in [5.74, 6) is -2.80. The Bertz CT molecular complexity index is 729. The van der Waals surface area contributed by atoms with Gasteiger partial charge in [-0.15, -0.1) is 10.2 Å². The molecule has 1 N–H and O–H groups in total. The molecule has 0 amide bonds. The summed E-state index contributed by atoms with van der Waals surface area (Å²) in [7, 11) is 0. The van der Waals surface area contributed by atoms with Gasteiger partial charge in [-0.05, 0) is 24.6 Å². The lowest BCUT2D eigenvalue weighted by Gasteiger charge is -2.16. The molecule has 0 unspecified atom stereocenters. The van der Waals surface area contributed by atoms with Gasteiger partial charge in [0.1, 0.15) is 23.8 Å². The number of rotatable bonds is 5. The van der Waals surface area contributed by atoms with E-state index in [4.69, 9.17) is 0 Å². The number of carbonyl (C=O) groups is 1. The van der Waals surface area contributed by atoms with Gasteiger partial charge in [0.25, 0.3) is 0 Å². The summed E-state index contributed by atoms with van der Waals surface area (Å²) in [5.41, 5.74) is 0.374. The van der Waals surface area contributed by atoms with Gasteiger partial charge in [-0.25, -0.2) is 8.78 Å². The molecule has 128 valence electrons. The molecular formula is C16H18F2N4O2. The zero-order valence-electron chi connectivity index (χ0n) is 13.2. The smallest absolute Gasteiger partial charge is 0.308 e. The lowest BCUT2D eigenvalue weighted by atomic mass is 9.89. The van der Waals surface area contributed by atoms with Crippen molar-refractivity contribution in [3.8, 4) is 0 Å². The number of likely N-dealkylation sites (tertiary alicyclic amines) is 1. The number of carboxylic acid groups (broad SMARTS) is 1. The van der Waals surface area contributed by atoms with Gasteiger partial charge in [0.2, 0.25) is 0 Å². The Labute approximate surface area is 137 Å². The van der Waals surface area contributed by atoms with E-state index in [-0.39, 0.29) is 0 Å². The van der Waals surface area contributed by atoms with Gasteiger partial charge in [-0.2, -0.15) is 0 Å². The van der Waals surface area contributed by atoms with Crippen LogP contribution in [0.5, 0.6) is 0 Å². The van der Waals surface area contributed by atoms with Crippen LogP contribution in [0, 0.1) is 17.6 Å². The standard InChI is InChI=1S/C16H18F2N4O2/c1-2-22-9-19-20-15(22)8-21-6-13(14(7-21)16(23)24)10-3-11(17)5-12(18)4-10/h3-5,9,13-14H,2,6-8H2,1H3,(H,23,24)/t13-,14+/m1/s1. The summed E-state index contributed by atoms with van der Waals surface area (Å²) in [6.07, 6.45) is 1.62. The third kappa shape index (κ3) is 3.28. The van der Waals surface area contributed by atoms with E-state index in [1.54, 1.807) is 6.33 Å². The molecule has 1 saturated heterocycles. The van der Waals surface area contributed by atoms with Gasteiger partial charge < -0.3 is 9.67 Å². The third-order valence-electron chi connectivity index (χ3n) is 4.43. The summed E-state index contributed by atoms with van der Waals surface area (Å²) in [5, 5.41) is 17.4. The topological polar surface area (TPSA) is 71.2 Å². The first kappa shape index (κ1) is 16.5. The number of nitrogens with zero attached hydrogens (tertiary/aromatic N) is 4. The molecular weight excluding hydrogens is 318 g/mol. The molecule has 1 aromatic heterocycles. The number of hydrogen-bond acceptors (Lipinski definition) is 4. The predicted molar refractivity (Wildman–Crippen MR) is 81.2 cm³/mol. The van der Waals surface area contributed by atoms with E-state index in [0.29, 0.717) is 25.2 Å². The number of aryl methyl sites for hydroxylation is 1. The zero-order valence-corrected chi connectivity index (χ0v) is 13.2. The highest BCUT2D eigenvalue weighted by molar-refractivity contribution is 5.72. The van der Waals surface area contributed by atoms with Crippen molar-refractivity contribution >= 4 is 5.97 Å². The molecule has 3 rings (SSSR count). The molecule has 0 spiro atoms. The van der Waals surface area contributed by atoms with Gasteiger partial charge in [-0.1, -0.05) is 0 Å². The highest BCUT2D eigenvalue weighted by Gasteiger charge is 2.39. The van der Waals surface area contributed by atoms with Gasteiger partial charge in [-0.3, -0.25) is 9.69 Å². The van der Waals surface area contributed by atoms with Crippen LogP contribution in [0.25, 0.3) is 0 Å². The van der Waals surface area contributed by atoms with Crippen molar-refractivity contribution in [1.29, 1.82) is 0 Å². The fourth-order valence-electron chi connectivity index (χ4n) is 3.26. The lowest BCUT2D eigenvalue weighted by molar-refractivity contribution is -0.141. The summed E-state index contributed by atoms with van der Waals surface area (Å²) >= 11 is 0. The van der Waals surface area contributed by atoms with Crippen molar-refractivity contribution in [3.05, 3.63) is 47.5 Å². The maximum Gasteiger partial charge on any atom is 0.308 e. The second kappa shape index (κ2) is 6.64. The molecule has 8 heteroatoms. The van der Waals surface area contributed by atoms with Crippen LogP contribution < -0.4 is 0 Å². The molecule has 1 aliphatic heterocycles. The van der Waals surface area contributed by atoms with Crippen molar-refractivity contribution in [1.82, 2.24) is 19.7 Å². The molecule has 1 fully saturated rings. The normalized spacial score (nSPS) is 21.3. The average molecular weight is 336 g/mol. The maximum atomic E-state index is 13.5. The number of aromatic nitrogens is 3. The van der Waals surface area contributed by atoms with E-state index >= 15 is 0 Å². The first-order chi connectivity index (χ1) is 11.5. The molecule has 0 saturated carbocycles. The van der Waals surface area contributed by atoms with Crippen molar-refractivity contribution in [2.24, 2.45) is 5.92 Å². The molecule has 0 aliphatic carbocycles. The molecule has 1 aromatic carbocycles. The summed E-state index contributed by atoms with van der Waals surface area (Å²) in [4.78, 5) is 13.5. The monoisotopic (exact) mass is 336 g/mol. The first-order valence-corrected chi connectivity index (χ1v) is 7.75. The van der Waals surface area contributed by atoms with E-state index in [0.717, 1.165) is 18.4 Å². The minimum Gasteiger partial charge on any atom is -0.481 e. The molecule has 2 heterocycles. The van der Waals surface area contributed by atoms with Crippen molar-refractivity contribution in [3.63, 3.8) is 0 Å².